The first-order valence-corrected chi connectivity index (χ1v) is 2.98. The van der Waals surface area contributed by atoms with Crippen molar-refractivity contribution in [1.29, 1.82) is 0 Å². The van der Waals surface area contributed by atoms with Gasteiger partial charge in [-0.2, -0.15) is 0 Å². The summed E-state index contributed by atoms with van der Waals surface area (Å²) in [5.41, 5.74) is 0. The average Bonchev–Trinajstić information content (AvgIpc) is 2.15. The molecule has 0 unspecified atom stereocenters. The predicted octanol–water partition coefficient (Wildman–Crippen LogP) is 0.782. The molecule has 0 atom stereocenters. The lowest BCUT2D eigenvalue weighted by molar-refractivity contribution is -0.742. The molecule has 1 rings (SSSR count). The van der Waals surface area contributed by atoms with E-state index in [0.29, 0.717) is 5.78 Å². The smallest absolute Gasteiger partial charge is 0.291 e. The molecular weight excluding hydrogens is 138 g/mol. The van der Waals surface area contributed by atoms with Gasteiger partial charge in [0.1, 0.15) is 5.78 Å². The maximum Gasteiger partial charge on any atom is 0.291 e. The van der Waals surface area contributed by atoms with E-state index in [9.17, 15) is 4.79 Å². The van der Waals surface area contributed by atoms with Crippen molar-refractivity contribution in [3.63, 3.8) is 0 Å². The van der Waals surface area contributed by atoms with Gasteiger partial charge in [-0.05, 0) is 12.8 Å². The second kappa shape index (κ2) is 4.72. The third-order valence-electron chi connectivity index (χ3n) is 1.16. The van der Waals surface area contributed by atoms with E-state index in [0.717, 1.165) is 25.7 Å². The Kier molecular flexibility index (Phi) is 4.19. The van der Waals surface area contributed by atoms with Crippen LogP contribution in [0.5, 0.6) is 0 Å². The SMILES string of the molecule is O=C1CCCC1.O=[N+]([O-])O. The molecular formula is C5H9NO4. The van der Waals surface area contributed by atoms with Crippen molar-refractivity contribution in [3.05, 3.63) is 10.1 Å². The first kappa shape index (κ1) is 8.87. The molecule has 1 saturated carbocycles. The summed E-state index contributed by atoms with van der Waals surface area (Å²) < 4.78 is 0. The van der Waals surface area contributed by atoms with Crippen molar-refractivity contribution in [3.8, 4) is 0 Å². The Morgan fingerprint density at radius 3 is 1.80 bits per heavy atom. The van der Waals surface area contributed by atoms with Crippen LogP contribution in [0.1, 0.15) is 25.7 Å². The van der Waals surface area contributed by atoms with Gasteiger partial charge in [0.05, 0.1) is 0 Å². The summed E-state index contributed by atoms with van der Waals surface area (Å²) in [6, 6.07) is 0. The third kappa shape index (κ3) is 6.87. The Labute approximate surface area is 57.8 Å². The molecule has 0 saturated heterocycles. The average molecular weight is 147 g/mol. The lowest BCUT2D eigenvalue weighted by Crippen LogP contribution is -1.81. The number of hydrogen-bond donors (Lipinski definition) is 1. The zero-order valence-corrected chi connectivity index (χ0v) is 5.45. The minimum atomic E-state index is -1.50. The highest BCUT2D eigenvalue weighted by molar-refractivity contribution is 5.79. The first-order chi connectivity index (χ1) is 4.63. The Morgan fingerprint density at radius 2 is 1.70 bits per heavy atom. The maximum atomic E-state index is 10.2. The second-order valence-electron chi connectivity index (χ2n) is 1.98. The lowest BCUT2D eigenvalue weighted by atomic mass is 10.4. The van der Waals surface area contributed by atoms with E-state index in [4.69, 9.17) is 15.3 Å². The van der Waals surface area contributed by atoms with E-state index >= 15 is 0 Å². The van der Waals surface area contributed by atoms with E-state index in [-0.39, 0.29) is 0 Å². The van der Waals surface area contributed by atoms with E-state index < -0.39 is 5.09 Å². The van der Waals surface area contributed by atoms with E-state index in [1.807, 2.05) is 0 Å². The Bertz CT molecular complexity index is 122. The molecule has 10 heavy (non-hydrogen) atoms. The Morgan fingerprint density at radius 1 is 1.40 bits per heavy atom. The molecule has 58 valence electrons. The van der Waals surface area contributed by atoms with Crippen LogP contribution in [-0.2, 0) is 4.79 Å². The van der Waals surface area contributed by atoms with E-state index in [1.165, 1.54) is 0 Å². The van der Waals surface area contributed by atoms with Crippen LogP contribution in [0.25, 0.3) is 0 Å². The highest BCUT2D eigenvalue weighted by atomic mass is 16.9. The molecule has 0 radical (unpaired) electrons. The van der Waals surface area contributed by atoms with Crippen molar-refractivity contribution in [2.75, 3.05) is 0 Å². The van der Waals surface area contributed by atoms with Crippen molar-refractivity contribution in [2.45, 2.75) is 25.7 Å². The molecule has 0 heterocycles. The molecule has 0 aromatic rings. The fourth-order valence-corrected chi connectivity index (χ4v) is 0.769. The highest BCUT2D eigenvalue weighted by Crippen LogP contribution is 2.11. The molecule has 0 aliphatic heterocycles. The number of carbonyl (C=O) groups is 1. The largest absolute Gasteiger partial charge is 0.328 e. The fourth-order valence-electron chi connectivity index (χ4n) is 0.769. The summed E-state index contributed by atoms with van der Waals surface area (Å²) >= 11 is 0. The molecule has 0 bridgehead atoms. The minimum Gasteiger partial charge on any atom is -0.328 e. The number of rotatable bonds is 0. The summed E-state index contributed by atoms with van der Waals surface area (Å²) in [6.07, 6.45) is 3.97. The number of ketones is 1. The molecule has 5 nitrogen and oxygen atoms in total. The normalized spacial score (nSPS) is 15.8. The van der Waals surface area contributed by atoms with Crippen LogP contribution in [0.2, 0.25) is 0 Å². The number of carbonyl (C=O) groups excluding carboxylic acids is 1. The van der Waals surface area contributed by atoms with E-state index in [2.05, 4.69) is 0 Å². The number of Topliss-reactive ketones (excluding diaryl/α,β-unsaturated/α-hetero) is 1. The van der Waals surface area contributed by atoms with Crippen LogP contribution in [0.3, 0.4) is 0 Å². The second-order valence-corrected chi connectivity index (χ2v) is 1.98. The molecule has 1 aliphatic rings. The maximum absolute atomic E-state index is 10.2. The molecule has 0 aromatic heterocycles. The van der Waals surface area contributed by atoms with Gasteiger partial charge >= 0.3 is 0 Å². The summed E-state index contributed by atoms with van der Waals surface area (Å²) in [6.45, 7) is 0. The van der Waals surface area contributed by atoms with Crippen LogP contribution < -0.4 is 0 Å². The lowest BCUT2D eigenvalue weighted by Gasteiger charge is -1.71. The monoisotopic (exact) mass is 147 g/mol. The molecule has 0 aromatic carbocycles. The molecule has 1 N–H and O–H groups in total. The molecule has 0 amide bonds. The first-order valence-electron chi connectivity index (χ1n) is 2.98. The van der Waals surface area contributed by atoms with Gasteiger partial charge < -0.3 is 5.21 Å². The topological polar surface area (TPSA) is 80.4 Å². The van der Waals surface area contributed by atoms with Crippen LogP contribution in [0.4, 0.5) is 0 Å². The van der Waals surface area contributed by atoms with Crippen molar-refractivity contribution >= 4 is 5.78 Å². The van der Waals surface area contributed by atoms with Crippen LogP contribution in [-0.4, -0.2) is 16.1 Å². The molecule has 1 aliphatic carbocycles. The Hall–Kier alpha value is -1.13. The van der Waals surface area contributed by atoms with Gasteiger partial charge in [0.2, 0.25) is 0 Å². The standard InChI is InChI=1S/C5H8O.HNO3/c6-5-3-1-2-4-5;2-1(3)4/h1-4H2;(H,2,3,4). The van der Waals surface area contributed by atoms with Gasteiger partial charge in [-0.3, -0.25) is 4.79 Å². The van der Waals surface area contributed by atoms with Gasteiger partial charge in [0.25, 0.3) is 5.09 Å². The number of nitrogens with zero attached hydrogens (tertiary/aromatic N) is 1. The highest BCUT2D eigenvalue weighted by Gasteiger charge is 2.07. The van der Waals surface area contributed by atoms with Crippen molar-refractivity contribution < 1.29 is 15.1 Å². The van der Waals surface area contributed by atoms with Gasteiger partial charge in [-0.15, -0.1) is 10.1 Å². The van der Waals surface area contributed by atoms with E-state index in [1.54, 1.807) is 0 Å². The fraction of sp³-hybridized carbons (Fsp3) is 0.800. The van der Waals surface area contributed by atoms with Crippen molar-refractivity contribution in [2.24, 2.45) is 0 Å². The van der Waals surface area contributed by atoms with Crippen LogP contribution in [0.15, 0.2) is 0 Å². The summed E-state index contributed by atoms with van der Waals surface area (Å²) in [7, 11) is 0. The van der Waals surface area contributed by atoms with Crippen LogP contribution >= 0.6 is 0 Å². The predicted molar refractivity (Wildman–Crippen MR) is 32.3 cm³/mol. The molecule has 0 spiro atoms. The Balaban J connectivity index is 0.000000180. The minimum absolute atomic E-state index is 0.454. The third-order valence-corrected chi connectivity index (χ3v) is 1.16. The number of hydrogen-bond acceptors (Lipinski definition) is 3. The molecule has 5 heteroatoms. The molecule has 1 fully saturated rings. The summed E-state index contributed by atoms with van der Waals surface area (Å²) in [5.74, 6) is 0.454. The van der Waals surface area contributed by atoms with Gasteiger partial charge in [0, 0.05) is 12.8 Å². The van der Waals surface area contributed by atoms with Gasteiger partial charge in [-0.25, -0.2) is 0 Å². The summed E-state index contributed by atoms with van der Waals surface area (Å²) in [4.78, 5) is 18.6. The summed E-state index contributed by atoms with van der Waals surface area (Å²) in [5, 5.41) is 13.6. The quantitative estimate of drug-likeness (QED) is 0.405. The van der Waals surface area contributed by atoms with Gasteiger partial charge in [-0.1, -0.05) is 0 Å². The zero-order valence-electron chi connectivity index (χ0n) is 5.45. The zero-order chi connectivity index (χ0) is 7.98. The van der Waals surface area contributed by atoms with Crippen LogP contribution in [0, 0.1) is 10.1 Å². The van der Waals surface area contributed by atoms with Crippen molar-refractivity contribution in [1.82, 2.24) is 0 Å². The van der Waals surface area contributed by atoms with Gasteiger partial charge in [0.15, 0.2) is 0 Å².